The third kappa shape index (κ3) is 3.01. The van der Waals surface area contributed by atoms with Crippen molar-refractivity contribution in [1.29, 1.82) is 0 Å². The van der Waals surface area contributed by atoms with Crippen molar-refractivity contribution in [3.63, 3.8) is 0 Å². The van der Waals surface area contributed by atoms with E-state index in [2.05, 4.69) is 33.8 Å². The quantitative estimate of drug-likeness (QED) is 0.877. The van der Waals surface area contributed by atoms with E-state index in [9.17, 15) is 0 Å². The standard InChI is InChI=1S/C13H22N6/c1-9(2)11(14)5-6-18(4)12-7-10(3)17-13-15-8-16-19(12)13/h7-9,11H,5-6,14H2,1-4H3. The van der Waals surface area contributed by atoms with Crippen molar-refractivity contribution in [2.75, 3.05) is 18.5 Å². The van der Waals surface area contributed by atoms with Crippen molar-refractivity contribution in [3.05, 3.63) is 18.1 Å². The molecule has 2 aromatic heterocycles. The summed E-state index contributed by atoms with van der Waals surface area (Å²) in [4.78, 5) is 10.6. The molecule has 0 aliphatic carbocycles. The Bertz CT molecular complexity index is 547. The Hall–Kier alpha value is -1.69. The molecule has 0 bridgehead atoms. The lowest BCUT2D eigenvalue weighted by Crippen LogP contribution is -2.32. The van der Waals surface area contributed by atoms with Crippen LogP contribution >= 0.6 is 0 Å². The predicted molar refractivity (Wildman–Crippen MR) is 76.2 cm³/mol. The van der Waals surface area contributed by atoms with Crippen LogP contribution in [-0.4, -0.2) is 39.2 Å². The molecule has 1 unspecified atom stereocenters. The number of nitrogens with two attached hydrogens (primary N) is 1. The van der Waals surface area contributed by atoms with Crippen LogP contribution in [0.15, 0.2) is 12.4 Å². The van der Waals surface area contributed by atoms with Gasteiger partial charge in [0.05, 0.1) is 0 Å². The minimum Gasteiger partial charge on any atom is -0.359 e. The second-order valence-corrected chi connectivity index (χ2v) is 5.35. The van der Waals surface area contributed by atoms with Gasteiger partial charge < -0.3 is 10.6 Å². The van der Waals surface area contributed by atoms with E-state index < -0.39 is 0 Å². The van der Waals surface area contributed by atoms with Gasteiger partial charge in [0.25, 0.3) is 5.78 Å². The summed E-state index contributed by atoms with van der Waals surface area (Å²) in [5.41, 5.74) is 7.03. The summed E-state index contributed by atoms with van der Waals surface area (Å²) in [6, 6.07) is 2.24. The summed E-state index contributed by atoms with van der Waals surface area (Å²) < 4.78 is 1.76. The van der Waals surface area contributed by atoms with Crippen LogP contribution in [-0.2, 0) is 0 Å². The number of hydrogen-bond donors (Lipinski definition) is 1. The van der Waals surface area contributed by atoms with E-state index in [1.165, 1.54) is 6.33 Å². The predicted octanol–water partition coefficient (Wildman–Crippen LogP) is 1.24. The van der Waals surface area contributed by atoms with Crippen molar-refractivity contribution in [2.45, 2.75) is 33.2 Å². The zero-order chi connectivity index (χ0) is 14.0. The molecule has 6 nitrogen and oxygen atoms in total. The Morgan fingerprint density at radius 1 is 1.42 bits per heavy atom. The molecule has 0 aliphatic heterocycles. The average molecular weight is 262 g/mol. The number of hydrogen-bond acceptors (Lipinski definition) is 5. The summed E-state index contributed by atoms with van der Waals surface area (Å²) in [7, 11) is 2.04. The van der Waals surface area contributed by atoms with Gasteiger partial charge in [0.1, 0.15) is 12.1 Å². The zero-order valence-electron chi connectivity index (χ0n) is 12.0. The van der Waals surface area contributed by atoms with Crippen LogP contribution in [0.4, 0.5) is 5.82 Å². The van der Waals surface area contributed by atoms with E-state index in [0.29, 0.717) is 11.7 Å². The van der Waals surface area contributed by atoms with Crippen LogP contribution in [0, 0.1) is 12.8 Å². The fraction of sp³-hybridized carbons (Fsp3) is 0.615. The number of nitrogens with zero attached hydrogens (tertiary/aromatic N) is 5. The molecular formula is C13H22N6. The molecule has 0 spiro atoms. The SMILES string of the molecule is Cc1cc(N(C)CCC(N)C(C)C)n2ncnc2n1. The molecule has 0 radical (unpaired) electrons. The number of rotatable bonds is 5. The normalized spacial score (nSPS) is 13.2. The molecule has 2 aromatic rings. The van der Waals surface area contributed by atoms with E-state index in [1.54, 1.807) is 4.52 Å². The maximum Gasteiger partial charge on any atom is 0.254 e. The fourth-order valence-corrected chi connectivity index (χ4v) is 1.97. The second-order valence-electron chi connectivity index (χ2n) is 5.35. The van der Waals surface area contributed by atoms with Gasteiger partial charge >= 0.3 is 0 Å². The van der Waals surface area contributed by atoms with Gasteiger partial charge in [0, 0.05) is 31.4 Å². The molecule has 0 fully saturated rings. The first-order valence-corrected chi connectivity index (χ1v) is 6.63. The van der Waals surface area contributed by atoms with Crippen LogP contribution in [0.3, 0.4) is 0 Å². The van der Waals surface area contributed by atoms with Gasteiger partial charge in [-0.15, -0.1) is 0 Å². The van der Waals surface area contributed by atoms with Gasteiger partial charge in [-0.2, -0.15) is 14.6 Å². The zero-order valence-corrected chi connectivity index (χ0v) is 12.0. The van der Waals surface area contributed by atoms with E-state index in [-0.39, 0.29) is 6.04 Å². The van der Waals surface area contributed by atoms with Gasteiger partial charge in [-0.1, -0.05) is 13.8 Å². The molecule has 0 aromatic carbocycles. The topological polar surface area (TPSA) is 72.3 Å². The summed E-state index contributed by atoms with van der Waals surface area (Å²) in [5, 5.41) is 4.21. The minimum absolute atomic E-state index is 0.219. The van der Waals surface area contributed by atoms with Crippen molar-refractivity contribution < 1.29 is 0 Å². The maximum absolute atomic E-state index is 6.09. The van der Waals surface area contributed by atoms with E-state index >= 15 is 0 Å². The number of anilines is 1. The van der Waals surface area contributed by atoms with Crippen molar-refractivity contribution in [3.8, 4) is 0 Å². The van der Waals surface area contributed by atoms with Crippen molar-refractivity contribution in [1.82, 2.24) is 19.6 Å². The molecule has 6 heteroatoms. The maximum atomic E-state index is 6.09. The first-order chi connectivity index (χ1) is 8.99. The van der Waals surface area contributed by atoms with Crippen LogP contribution in [0.5, 0.6) is 0 Å². The lowest BCUT2D eigenvalue weighted by Gasteiger charge is -2.23. The Balaban J connectivity index is 2.17. The lowest BCUT2D eigenvalue weighted by molar-refractivity contribution is 0.465. The van der Waals surface area contributed by atoms with Crippen LogP contribution < -0.4 is 10.6 Å². The highest BCUT2D eigenvalue weighted by atomic mass is 15.4. The molecule has 0 aliphatic rings. The molecular weight excluding hydrogens is 240 g/mol. The number of aromatic nitrogens is 4. The van der Waals surface area contributed by atoms with E-state index in [4.69, 9.17) is 5.73 Å². The first kappa shape index (κ1) is 13.7. The molecule has 1 atom stereocenters. The highest BCUT2D eigenvalue weighted by molar-refractivity contribution is 5.46. The van der Waals surface area contributed by atoms with Gasteiger partial charge in [-0.25, -0.2) is 4.98 Å². The number of fused-ring (bicyclic) bond motifs is 1. The molecule has 104 valence electrons. The largest absolute Gasteiger partial charge is 0.359 e. The van der Waals surface area contributed by atoms with Gasteiger partial charge in [0.15, 0.2) is 0 Å². The van der Waals surface area contributed by atoms with Gasteiger partial charge in [-0.3, -0.25) is 0 Å². The molecule has 0 saturated heterocycles. The molecule has 0 saturated carbocycles. The van der Waals surface area contributed by atoms with E-state index in [0.717, 1.165) is 24.5 Å². The van der Waals surface area contributed by atoms with Gasteiger partial charge in [-0.05, 0) is 19.3 Å². The minimum atomic E-state index is 0.219. The second kappa shape index (κ2) is 5.52. The molecule has 2 N–H and O–H groups in total. The average Bonchev–Trinajstić information content (AvgIpc) is 2.81. The van der Waals surface area contributed by atoms with Crippen LogP contribution in [0.1, 0.15) is 26.0 Å². The lowest BCUT2D eigenvalue weighted by atomic mass is 10.0. The Morgan fingerprint density at radius 2 is 2.16 bits per heavy atom. The van der Waals surface area contributed by atoms with E-state index in [1.807, 2.05) is 20.0 Å². The summed E-state index contributed by atoms with van der Waals surface area (Å²) in [6.07, 6.45) is 2.48. The molecule has 2 rings (SSSR count). The molecule has 2 heterocycles. The summed E-state index contributed by atoms with van der Waals surface area (Å²) in [6.45, 7) is 7.15. The Morgan fingerprint density at radius 3 is 2.84 bits per heavy atom. The fourth-order valence-electron chi connectivity index (χ4n) is 1.97. The highest BCUT2D eigenvalue weighted by Gasteiger charge is 2.13. The van der Waals surface area contributed by atoms with Crippen LogP contribution in [0.25, 0.3) is 5.78 Å². The third-order valence-electron chi connectivity index (χ3n) is 3.41. The van der Waals surface area contributed by atoms with Crippen molar-refractivity contribution in [2.24, 2.45) is 11.7 Å². The van der Waals surface area contributed by atoms with Crippen molar-refractivity contribution >= 4 is 11.6 Å². The molecule has 0 amide bonds. The first-order valence-electron chi connectivity index (χ1n) is 6.63. The monoisotopic (exact) mass is 262 g/mol. The summed E-state index contributed by atoms with van der Waals surface area (Å²) >= 11 is 0. The highest BCUT2D eigenvalue weighted by Crippen LogP contribution is 2.15. The Kier molecular flexibility index (Phi) is 3.99. The van der Waals surface area contributed by atoms with Gasteiger partial charge in [0.2, 0.25) is 0 Å². The number of aryl methyl sites for hydroxylation is 1. The Labute approximate surface area is 113 Å². The van der Waals surface area contributed by atoms with Crippen LogP contribution in [0.2, 0.25) is 0 Å². The summed E-state index contributed by atoms with van der Waals surface area (Å²) in [5.74, 6) is 2.13. The molecule has 19 heavy (non-hydrogen) atoms. The smallest absolute Gasteiger partial charge is 0.254 e. The third-order valence-corrected chi connectivity index (χ3v) is 3.41.